The monoisotopic (exact) mass is 390 g/mol. The minimum Gasteiger partial charge on any atom is -0.422 e. The molecule has 158 valence electrons. The molecule has 0 saturated heterocycles. The van der Waals surface area contributed by atoms with E-state index in [4.69, 9.17) is 9.47 Å². The van der Waals surface area contributed by atoms with Crippen molar-refractivity contribution >= 4 is 11.9 Å². The lowest BCUT2D eigenvalue weighted by molar-refractivity contribution is -0.140. The molecule has 0 N–H and O–H groups in total. The Morgan fingerprint density at radius 2 is 1.32 bits per heavy atom. The Balaban J connectivity index is 2.74. The van der Waals surface area contributed by atoms with Gasteiger partial charge in [-0.15, -0.1) is 0 Å². The number of rotatable bonds is 13. The SMILES string of the molecule is CCCCCCCCCCc1cccc(OC(=O)C(C)C)c1OC(=O)C(C)C. The van der Waals surface area contributed by atoms with E-state index in [2.05, 4.69) is 6.92 Å². The number of carbonyl (C=O) groups excluding carboxylic acids is 2. The van der Waals surface area contributed by atoms with Gasteiger partial charge < -0.3 is 9.47 Å². The summed E-state index contributed by atoms with van der Waals surface area (Å²) in [6, 6.07) is 5.51. The smallest absolute Gasteiger partial charge is 0.313 e. The lowest BCUT2D eigenvalue weighted by atomic mass is 10.0. The van der Waals surface area contributed by atoms with Gasteiger partial charge in [-0.25, -0.2) is 0 Å². The highest BCUT2D eigenvalue weighted by Gasteiger charge is 2.20. The predicted molar refractivity (Wildman–Crippen MR) is 114 cm³/mol. The molecule has 0 heterocycles. The van der Waals surface area contributed by atoms with Gasteiger partial charge in [0.1, 0.15) is 0 Å². The normalized spacial score (nSPS) is 11.1. The molecule has 1 aromatic carbocycles. The Labute approximate surface area is 171 Å². The van der Waals surface area contributed by atoms with Crippen molar-refractivity contribution in [2.75, 3.05) is 0 Å². The average Bonchev–Trinajstić information content (AvgIpc) is 2.65. The van der Waals surface area contributed by atoms with Crippen molar-refractivity contribution in [2.24, 2.45) is 11.8 Å². The Hall–Kier alpha value is -1.84. The van der Waals surface area contributed by atoms with E-state index in [1.54, 1.807) is 33.8 Å². The van der Waals surface area contributed by atoms with Gasteiger partial charge >= 0.3 is 11.9 Å². The van der Waals surface area contributed by atoms with Crippen LogP contribution in [0.1, 0.15) is 91.5 Å². The Morgan fingerprint density at radius 1 is 0.786 bits per heavy atom. The van der Waals surface area contributed by atoms with Crippen molar-refractivity contribution in [1.82, 2.24) is 0 Å². The largest absolute Gasteiger partial charge is 0.422 e. The van der Waals surface area contributed by atoms with Crippen LogP contribution >= 0.6 is 0 Å². The molecular weight excluding hydrogens is 352 g/mol. The zero-order valence-corrected chi connectivity index (χ0v) is 18.4. The van der Waals surface area contributed by atoms with E-state index in [0.29, 0.717) is 11.5 Å². The van der Waals surface area contributed by atoms with Gasteiger partial charge in [0.05, 0.1) is 11.8 Å². The van der Waals surface area contributed by atoms with E-state index >= 15 is 0 Å². The second-order valence-electron chi connectivity index (χ2n) is 8.12. The summed E-state index contributed by atoms with van der Waals surface area (Å²) >= 11 is 0. The fraction of sp³-hybridized carbons (Fsp3) is 0.667. The average molecular weight is 391 g/mol. The maximum Gasteiger partial charge on any atom is 0.313 e. The first-order chi connectivity index (χ1) is 13.4. The van der Waals surface area contributed by atoms with Gasteiger partial charge in [0.15, 0.2) is 11.5 Å². The van der Waals surface area contributed by atoms with E-state index in [0.717, 1.165) is 24.8 Å². The van der Waals surface area contributed by atoms with Gasteiger partial charge in [0.2, 0.25) is 0 Å². The molecule has 0 amide bonds. The van der Waals surface area contributed by atoms with Crippen molar-refractivity contribution in [3.8, 4) is 11.5 Å². The molecule has 0 bridgehead atoms. The zero-order valence-electron chi connectivity index (χ0n) is 18.4. The number of hydrogen-bond acceptors (Lipinski definition) is 4. The summed E-state index contributed by atoms with van der Waals surface area (Å²) in [5.74, 6) is -0.394. The van der Waals surface area contributed by atoms with Crippen LogP contribution in [-0.2, 0) is 16.0 Å². The molecule has 0 aliphatic carbocycles. The first-order valence-electron chi connectivity index (χ1n) is 10.9. The second kappa shape index (κ2) is 13.4. The summed E-state index contributed by atoms with van der Waals surface area (Å²) in [6.45, 7) is 9.39. The van der Waals surface area contributed by atoms with E-state index in [1.165, 1.54) is 38.5 Å². The van der Waals surface area contributed by atoms with Gasteiger partial charge in [-0.2, -0.15) is 0 Å². The standard InChI is InChI=1S/C24H38O4/c1-6-7-8-9-10-11-12-13-15-20-16-14-17-21(27-23(25)18(2)3)22(20)28-24(26)19(4)5/h14,16-19H,6-13,15H2,1-5H3. The highest BCUT2D eigenvalue weighted by atomic mass is 16.6. The highest BCUT2D eigenvalue weighted by molar-refractivity contribution is 5.78. The van der Waals surface area contributed by atoms with E-state index in [-0.39, 0.29) is 23.8 Å². The number of hydrogen-bond donors (Lipinski definition) is 0. The lowest BCUT2D eigenvalue weighted by Crippen LogP contribution is -2.19. The summed E-state index contributed by atoms with van der Waals surface area (Å²) < 4.78 is 11.1. The van der Waals surface area contributed by atoms with Crippen LogP contribution < -0.4 is 9.47 Å². The third-order valence-corrected chi connectivity index (χ3v) is 4.72. The number of para-hydroxylation sites is 1. The molecule has 0 radical (unpaired) electrons. The van der Waals surface area contributed by atoms with Crippen molar-refractivity contribution < 1.29 is 19.1 Å². The fourth-order valence-electron chi connectivity index (χ4n) is 2.85. The Morgan fingerprint density at radius 3 is 1.89 bits per heavy atom. The first kappa shape index (κ1) is 24.2. The molecule has 1 rings (SSSR count). The Bertz CT molecular complexity index is 605. The fourth-order valence-corrected chi connectivity index (χ4v) is 2.85. The molecule has 28 heavy (non-hydrogen) atoms. The molecule has 0 aliphatic rings. The molecule has 0 aromatic heterocycles. The molecular formula is C24H38O4. The van der Waals surface area contributed by atoms with Crippen molar-refractivity contribution in [2.45, 2.75) is 92.4 Å². The second-order valence-corrected chi connectivity index (χ2v) is 8.12. The minimum atomic E-state index is -0.328. The van der Waals surface area contributed by atoms with Crippen molar-refractivity contribution in [3.05, 3.63) is 23.8 Å². The first-order valence-corrected chi connectivity index (χ1v) is 10.9. The van der Waals surface area contributed by atoms with Gasteiger partial charge in [-0.05, 0) is 24.5 Å². The third-order valence-electron chi connectivity index (χ3n) is 4.72. The number of esters is 2. The van der Waals surface area contributed by atoms with Crippen LogP contribution in [0.5, 0.6) is 11.5 Å². The van der Waals surface area contributed by atoms with Crippen LogP contribution in [0.3, 0.4) is 0 Å². The molecule has 0 atom stereocenters. The quantitative estimate of drug-likeness (QED) is 0.219. The number of benzene rings is 1. The van der Waals surface area contributed by atoms with E-state index in [9.17, 15) is 9.59 Å². The van der Waals surface area contributed by atoms with Crippen LogP contribution in [0, 0.1) is 11.8 Å². The predicted octanol–water partition coefficient (Wildman–Crippen LogP) is 6.49. The van der Waals surface area contributed by atoms with Crippen LogP contribution in [0.4, 0.5) is 0 Å². The Kier molecular flexibility index (Phi) is 11.5. The van der Waals surface area contributed by atoms with E-state index < -0.39 is 0 Å². The van der Waals surface area contributed by atoms with Crippen LogP contribution in [0.2, 0.25) is 0 Å². The molecule has 0 spiro atoms. The summed E-state index contributed by atoms with van der Waals surface area (Å²) in [4.78, 5) is 24.2. The molecule has 0 unspecified atom stereocenters. The number of aryl methyl sites for hydroxylation is 1. The molecule has 0 saturated carbocycles. The van der Waals surface area contributed by atoms with Gasteiger partial charge in [0.25, 0.3) is 0 Å². The van der Waals surface area contributed by atoms with Crippen LogP contribution in [0.15, 0.2) is 18.2 Å². The van der Waals surface area contributed by atoms with E-state index in [1.807, 2.05) is 12.1 Å². The summed E-state index contributed by atoms with van der Waals surface area (Å²) in [6.07, 6.45) is 10.7. The van der Waals surface area contributed by atoms with Crippen LogP contribution in [0.25, 0.3) is 0 Å². The maximum atomic E-state index is 12.2. The lowest BCUT2D eigenvalue weighted by Gasteiger charge is -2.16. The number of unbranched alkanes of at least 4 members (excludes halogenated alkanes) is 7. The summed E-state index contributed by atoms with van der Waals surface area (Å²) in [5.41, 5.74) is 0.925. The molecule has 0 fully saturated rings. The summed E-state index contributed by atoms with van der Waals surface area (Å²) in [7, 11) is 0. The zero-order chi connectivity index (χ0) is 20.9. The molecule has 4 nitrogen and oxygen atoms in total. The minimum absolute atomic E-state index is 0.245. The van der Waals surface area contributed by atoms with Crippen molar-refractivity contribution in [3.63, 3.8) is 0 Å². The third kappa shape index (κ3) is 8.90. The van der Waals surface area contributed by atoms with Gasteiger partial charge in [0, 0.05) is 0 Å². The topological polar surface area (TPSA) is 52.6 Å². The maximum absolute atomic E-state index is 12.2. The van der Waals surface area contributed by atoms with Gasteiger partial charge in [-0.1, -0.05) is 91.7 Å². The summed E-state index contributed by atoms with van der Waals surface area (Å²) in [5, 5.41) is 0. The number of carbonyl (C=O) groups is 2. The molecule has 0 aliphatic heterocycles. The van der Waals surface area contributed by atoms with Crippen molar-refractivity contribution in [1.29, 1.82) is 0 Å². The number of ether oxygens (including phenoxy) is 2. The molecule has 4 heteroatoms. The highest BCUT2D eigenvalue weighted by Crippen LogP contribution is 2.34. The van der Waals surface area contributed by atoms with Gasteiger partial charge in [-0.3, -0.25) is 9.59 Å². The molecule has 1 aromatic rings. The van der Waals surface area contributed by atoms with Crippen LogP contribution in [-0.4, -0.2) is 11.9 Å².